The fourth-order valence-electron chi connectivity index (χ4n) is 2.95. The number of alkyl halides is 1. The summed E-state index contributed by atoms with van der Waals surface area (Å²) in [5.41, 5.74) is -0.0657. The quantitative estimate of drug-likeness (QED) is 0.741. The number of amides is 1. The number of hydrogen-bond donors (Lipinski definition) is 1. The van der Waals surface area contributed by atoms with E-state index in [-0.39, 0.29) is 11.5 Å². The van der Waals surface area contributed by atoms with Gasteiger partial charge in [-0.1, -0.05) is 49.5 Å². The molecule has 0 spiro atoms. The Labute approximate surface area is 114 Å². The fourth-order valence-corrected chi connectivity index (χ4v) is 3.57. The maximum atomic E-state index is 12.5. The molecule has 1 aliphatic rings. The predicted octanol–water partition coefficient (Wildman–Crippen LogP) is 3.88. The summed E-state index contributed by atoms with van der Waals surface area (Å²) in [6.07, 6.45) is 6.62. The lowest BCUT2D eigenvalue weighted by atomic mass is 9.77. The van der Waals surface area contributed by atoms with Gasteiger partial charge in [0.15, 0.2) is 0 Å². The minimum atomic E-state index is -0.0657. The molecule has 1 fully saturated rings. The van der Waals surface area contributed by atoms with Crippen molar-refractivity contribution in [2.45, 2.75) is 65.3 Å². The van der Waals surface area contributed by atoms with E-state index in [0.717, 1.165) is 31.0 Å². The molecule has 1 saturated carbocycles. The van der Waals surface area contributed by atoms with Gasteiger partial charge in [0, 0.05) is 16.8 Å². The smallest absolute Gasteiger partial charge is 0.226 e. The minimum absolute atomic E-state index is 0.0657. The summed E-state index contributed by atoms with van der Waals surface area (Å²) in [5.74, 6) is 0.901. The van der Waals surface area contributed by atoms with E-state index in [1.165, 1.54) is 12.8 Å². The van der Waals surface area contributed by atoms with E-state index in [9.17, 15) is 4.79 Å². The highest BCUT2D eigenvalue weighted by Gasteiger charge is 2.41. The second-order valence-corrected chi connectivity index (χ2v) is 6.47. The Bertz CT molecular complexity index is 243. The summed E-state index contributed by atoms with van der Waals surface area (Å²) in [6, 6.07) is 0.284. The molecule has 1 N–H and O–H groups in total. The molecule has 1 atom stereocenters. The molecule has 0 aromatic carbocycles. The zero-order valence-corrected chi connectivity index (χ0v) is 13.0. The van der Waals surface area contributed by atoms with E-state index in [1.54, 1.807) is 0 Å². The third-order valence-electron chi connectivity index (χ3n) is 3.86. The van der Waals surface area contributed by atoms with Crippen molar-refractivity contribution in [3.05, 3.63) is 0 Å². The van der Waals surface area contributed by atoms with Crippen LogP contribution in [0.5, 0.6) is 0 Å². The zero-order valence-electron chi connectivity index (χ0n) is 11.4. The van der Waals surface area contributed by atoms with Crippen LogP contribution in [0.15, 0.2) is 0 Å². The van der Waals surface area contributed by atoms with E-state index < -0.39 is 0 Å². The monoisotopic (exact) mass is 303 g/mol. The first-order valence-electron chi connectivity index (χ1n) is 6.91. The molecule has 1 unspecified atom stereocenters. The van der Waals surface area contributed by atoms with Crippen LogP contribution in [0.25, 0.3) is 0 Å². The van der Waals surface area contributed by atoms with Crippen molar-refractivity contribution >= 4 is 21.8 Å². The van der Waals surface area contributed by atoms with E-state index in [0.29, 0.717) is 11.8 Å². The largest absolute Gasteiger partial charge is 0.352 e. The van der Waals surface area contributed by atoms with Gasteiger partial charge in [-0.05, 0) is 31.6 Å². The molecule has 0 bridgehead atoms. The molecule has 0 aromatic heterocycles. The topological polar surface area (TPSA) is 29.1 Å². The Balaban J connectivity index is 2.66. The van der Waals surface area contributed by atoms with Crippen LogP contribution in [0.1, 0.15) is 59.3 Å². The highest BCUT2D eigenvalue weighted by molar-refractivity contribution is 9.09. The summed E-state index contributed by atoms with van der Waals surface area (Å²) in [5, 5.41) is 4.07. The molecule has 0 heterocycles. The van der Waals surface area contributed by atoms with Crippen LogP contribution in [0.2, 0.25) is 0 Å². The molecule has 1 aliphatic carbocycles. The van der Waals surface area contributed by atoms with E-state index in [4.69, 9.17) is 0 Å². The van der Waals surface area contributed by atoms with Crippen molar-refractivity contribution in [2.24, 2.45) is 11.3 Å². The Morgan fingerprint density at radius 2 is 1.94 bits per heavy atom. The second kappa shape index (κ2) is 6.77. The molecule has 3 heteroatoms. The number of halogens is 1. The van der Waals surface area contributed by atoms with E-state index >= 15 is 0 Å². The highest BCUT2D eigenvalue weighted by atomic mass is 79.9. The van der Waals surface area contributed by atoms with Crippen molar-refractivity contribution in [1.29, 1.82) is 0 Å². The molecular weight excluding hydrogens is 278 g/mol. The van der Waals surface area contributed by atoms with Crippen LogP contribution in [-0.2, 0) is 4.79 Å². The normalized spacial score (nSPS) is 20.5. The number of nitrogens with one attached hydrogen (secondary N) is 1. The van der Waals surface area contributed by atoms with Crippen molar-refractivity contribution < 1.29 is 4.79 Å². The SMILES string of the molecule is CCC(CBr)NC(=O)C1(CC(C)C)CCCC1. The van der Waals surface area contributed by atoms with Gasteiger partial charge >= 0.3 is 0 Å². The molecule has 1 rings (SSSR count). The van der Waals surface area contributed by atoms with Crippen LogP contribution >= 0.6 is 15.9 Å². The molecule has 100 valence electrons. The summed E-state index contributed by atoms with van der Waals surface area (Å²) in [7, 11) is 0. The molecule has 1 amide bonds. The Hall–Kier alpha value is -0.0500. The first-order chi connectivity index (χ1) is 8.04. The molecule has 0 radical (unpaired) electrons. The minimum Gasteiger partial charge on any atom is -0.352 e. The van der Waals surface area contributed by atoms with E-state index in [2.05, 4.69) is 42.0 Å². The highest BCUT2D eigenvalue weighted by Crippen LogP contribution is 2.43. The van der Waals surface area contributed by atoms with Crippen molar-refractivity contribution in [2.75, 3.05) is 5.33 Å². The van der Waals surface area contributed by atoms with E-state index in [1.807, 2.05) is 0 Å². The Kier molecular flexibility index (Phi) is 5.98. The molecule has 0 aliphatic heterocycles. The lowest BCUT2D eigenvalue weighted by Gasteiger charge is -2.31. The molecule has 17 heavy (non-hydrogen) atoms. The first-order valence-corrected chi connectivity index (χ1v) is 8.03. The van der Waals surface area contributed by atoms with Gasteiger partial charge in [0.2, 0.25) is 5.91 Å². The van der Waals surface area contributed by atoms with Crippen LogP contribution in [0.4, 0.5) is 0 Å². The second-order valence-electron chi connectivity index (χ2n) is 5.82. The van der Waals surface area contributed by atoms with Gasteiger partial charge in [-0.25, -0.2) is 0 Å². The Morgan fingerprint density at radius 1 is 1.35 bits per heavy atom. The number of hydrogen-bond acceptors (Lipinski definition) is 1. The zero-order chi connectivity index (χ0) is 12.9. The summed E-state index contributed by atoms with van der Waals surface area (Å²) in [4.78, 5) is 12.5. The van der Waals surface area contributed by atoms with Gasteiger partial charge in [-0.15, -0.1) is 0 Å². The standard InChI is InChI=1S/C14H26BrNO/c1-4-12(10-15)16-13(17)14(9-11(2)3)7-5-6-8-14/h11-12H,4-10H2,1-3H3,(H,16,17). The first kappa shape index (κ1) is 15.0. The van der Waals surface area contributed by atoms with Crippen molar-refractivity contribution in [1.82, 2.24) is 5.32 Å². The maximum absolute atomic E-state index is 12.5. The van der Waals surface area contributed by atoms with Gasteiger partial charge in [0.1, 0.15) is 0 Å². The molecule has 0 aromatic rings. The van der Waals surface area contributed by atoms with Gasteiger partial charge in [0.25, 0.3) is 0 Å². The summed E-state index contributed by atoms with van der Waals surface area (Å²) >= 11 is 3.47. The Morgan fingerprint density at radius 3 is 2.35 bits per heavy atom. The molecular formula is C14H26BrNO. The van der Waals surface area contributed by atoms with Gasteiger partial charge in [0.05, 0.1) is 0 Å². The number of carbonyl (C=O) groups excluding carboxylic acids is 1. The average Bonchev–Trinajstić information content (AvgIpc) is 2.74. The van der Waals surface area contributed by atoms with Gasteiger partial charge < -0.3 is 5.32 Å². The fraction of sp³-hybridized carbons (Fsp3) is 0.929. The van der Waals surface area contributed by atoms with Crippen molar-refractivity contribution in [3.63, 3.8) is 0 Å². The van der Waals surface area contributed by atoms with Crippen LogP contribution in [-0.4, -0.2) is 17.3 Å². The maximum Gasteiger partial charge on any atom is 0.226 e. The average molecular weight is 304 g/mol. The van der Waals surface area contributed by atoms with Crippen molar-refractivity contribution in [3.8, 4) is 0 Å². The predicted molar refractivity (Wildman–Crippen MR) is 76.4 cm³/mol. The lowest BCUT2D eigenvalue weighted by molar-refractivity contribution is -0.132. The van der Waals surface area contributed by atoms with Crippen LogP contribution in [0.3, 0.4) is 0 Å². The third kappa shape index (κ3) is 3.97. The third-order valence-corrected chi connectivity index (χ3v) is 4.64. The van der Waals surface area contributed by atoms with Gasteiger partial charge in [-0.2, -0.15) is 0 Å². The lowest BCUT2D eigenvalue weighted by Crippen LogP contribution is -2.45. The number of carbonyl (C=O) groups is 1. The van der Waals surface area contributed by atoms with Crippen LogP contribution in [0, 0.1) is 11.3 Å². The summed E-state index contributed by atoms with van der Waals surface area (Å²) in [6.45, 7) is 6.56. The number of rotatable bonds is 6. The summed E-state index contributed by atoms with van der Waals surface area (Å²) < 4.78 is 0. The van der Waals surface area contributed by atoms with Gasteiger partial charge in [-0.3, -0.25) is 4.79 Å². The van der Waals surface area contributed by atoms with Crippen LogP contribution < -0.4 is 5.32 Å². The molecule has 2 nitrogen and oxygen atoms in total. The molecule has 0 saturated heterocycles.